The monoisotopic (exact) mass is 385 g/mol. The lowest BCUT2D eigenvalue weighted by atomic mass is 9.85. The summed E-state index contributed by atoms with van der Waals surface area (Å²) in [5, 5.41) is 2.42. The van der Waals surface area contributed by atoms with Crippen LogP contribution in [0.25, 0.3) is 0 Å². The van der Waals surface area contributed by atoms with E-state index in [4.69, 9.17) is 20.6 Å². The molecule has 0 N–H and O–H groups in total. The average Bonchev–Trinajstić information content (AvgIpc) is 3.15. The van der Waals surface area contributed by atoms with Crippen molar-refractivity contribution < 1.29 is 17.4 Å². The summed E-state index contributed by atoms with van der Waals surface area (Å²) in [5.41, 5.74) is 0.534. The summed E-state index contributed by atoms with van der Waals surface area (Å²) >= 11 is 6.02. The summed E-state index contributed by atoms with van der Waals surface area (Å²) in [7, 11) is -1.68. The summed E-state index contributed by atoms with van der Waals surface area (Å²) in [6, 6.07) is 7.58. The Morgan fingerprint density at radius 2 is 2.12 bits per heavy atom. The Labute approximate surface area is 152 Å². The number of hydrogen-bond acceptors (Lipinski definition) is 6. The second-order valence-corrected chi connectivity index (χ2v) is 8.27. The molecule has 136 valence electrons. The summed E-state index contributed by atoms with van der Waals surface area (Å²) in [4.78, 5) is 9.98. The van der Waals surface area contributed by atoms with Gasteiger partial charge in [-0.05, 0) is 17.7 Å². The van der Waals surface area contributed by atoms with E-state index in [1.165, 1.54) is 0 Å². The van der Waals surface area contributed by atoms with Gasteiger partial charge < -0.3 is 4.57 Å². The van der Waals surface area contributed by atoms with E-state index in [-0.39, 0.29) is 12.7 Å². The van der Waals surface area contributed by atoms with Crippen LogP contribution in [-0.2, 0) is 31.2 Å². The van der Waals surface area contributed by atoms with Gasteiger partial charge in [0.2, 0.25) is 0 Å². The maximum atomic E-state index is 11.3. The van der Waals surface area contributed by atoms with Crippen LogP contribution in [0, 0.1) is 0 Å². The fraction of sp³-hybridized carbons (Fsp3) is 0.438. The van der Waals surface area contributed by atoms with E-state index < -0.39 is 15.7 Å². The van der Waals surface area contributed by atoms with Gasteiger partial charge in [0.1, 0.15) is 6.10 Å². The van der Waals surface area contributed by atoms with Crippen LogP contribution in [0.3, 0.4) is 0 Å². The second-order valence-electron chi connectivity index (χ2n) is 6.19. The van der Waals surface area contributed by atoms with Crippen LogP contribution in [0.15, 0.2) is 43.0 Å². The van der Waals surface area contributed by atoms with Gasteiger partial charge in [-0.2, -0.15) is 13.5 Å². The van der Waals surface area contributed by atoms with Crippen LogP contribution in [0.5, 0.6) is 0 Å². The molecular formula is C16H20ClN3O4S. The molecule has 2 atom stereocenters. The van der Waals surface area contributed by atoms with Gasteiger partial charge in [0.25, 0.3) is 10.1 Å². The Bertz CT molecular complexity index is 810. The summed E-state index contributed by atoms with van der Waals surface area (Å²) < 4.78 is 29.4. The lowest BCUT2D eigenvalue weighted by Crippen LogP contribution is -2.41. The molecule has 7 nitrogen and oxygen atoms in total. The number of hydroxylamine groups is 2. The lowest BCUT2D eigenvalue weighted by molar-refractivity contribution is -0.179. The van der Waals surface area contributed by atoms with Crippen LogP contribution in [0.4, 0.5) is 0 Å². The van der Waals surface area contributed by atoms with E-state index in [2.05, 4.69) is 4.98 Å². The molecule has 3 rings (SSSR count). The van der Waals surface area contributed by atoms with Crippen molar-refractivity contribution in [2.75, 3.05) is 19.9 Å². The van der Waals surface area contributed by atoms with E-state index >= 15 is 0 Å². The van der Waals surface area contributed by atoms with Crippen molar-refractivity contribution in [1.82, 2.24) is 14.6 Å². The van der Waals surface area contributed by atoms with Crippen LogP contribution in [0.2, 0.25) is 5.02 Å². The highest BCUT2D eigenvalue weighted by atomic mass is 35.5. The SMILES string of the molecule is CN1OC(COS(C)(=O)=O)CC1(Cn1ccnc1)c1ccc(Cl)cc1. The molecule has 9 heteroatoms. The third-order valence-electron chi connectivity index (χ3n) is 4.33. The molecule has 0 saturated carbocycles. The lowest BCUT2D eigenvalue weighted by Gasteiger charge is -2.35. The van der Waals surface area contributed by atoms with Crippen molar-refractivity contribution in [1.29, 1.82) is 0 Å². The largest absolute Gasteiger partial charge is 0.335 e. The molecule has 0 amide bonds. The molecule has 1 aliphatic heterocycles. The molecule has 1 aromatic heterocycles. The Balaban J connectivity index is 1.90. The van der Waals surface area contributed by atoms with E-state index in [0.29, 0.717) is 18.0 Å². The van der Waals surface area contributed by atoms with Crippen molar-refractivity contribution in [3.05, 3.63) is 53.6 Å². The van der Waals surface area contributed by atoms with E-state index in [9.17, 15) is 8.42 Å². The number of rotatable bonds is 6. The van der Waals surface area contributed by atoms with Crippen LogP contribution >= 0.6 is 11.6 Å². The van der Waals surface area contributed by atoms with Gasteiger partial charge in [0, 0.05) is 37.4 Å². The molecular weight excluding hydrogens is 366 g/mol. The van der Waals surface area contributed by atoms with Crippen LogP contribution < -0.4 is 0 Å². The zero-order valence-electron chi connectivity index (χ0n) is 14.0. The molecule has 0 aliphatic carbocycles. The molecule has 1 aliphatic rings. The Morgan fingerprint density at radius 1 is 1.40 bits per heavy atom. The minimum atomic E-state index is -3.52. The first-order valence-corrected chi connectivity index (χ1v) is 9.95. The Kier molecular flexibility index (Phi) is 5.17. The fourth-order valence-electron chi connectivity index (χ4n) is 3.15. The summed E-state index contributed by atoms with van der Waals surface area (Å²) in [6.07, 6.45) is 6.56. The maximum Gasteiger partial charge on any atom is 0.264 e. The molecule has 2 heterocycles. The first-order valence-electron chi connectivity index (χ1n) is 7.75. The molecule has 1 fully saturated rings. The minimum absolute atomic E-state index is 0.0254. The van der Waals surface area contributed by atoms with Gasteiger partial charge in [-0.3, -0.25) is 9.02 Å². The highest BCUT2D eigenvalue weighted by Gasteiger charge is 2.47. The topological polar surface area (TPSA) is 73.7 Å². The van der Waals surface area contributed by atoms with Gasteiger partial charge in [-0.15, -0.1) is 0 Å². The number of imidazole rings is 1. The normalized spacial score (nSPS) is 24.7. The van der Waals surface area contributed by atoms with Gasteiger partial charge in [-0.25, -0.2) is 4.98 Å². The second kappa shape index (κ2) is 7.05. The van der Waals surface area contributed by atoms with Crippen molar-refractivity contribution in [3.63, 3.8) is 0 Å². The first-order chi connectivity index (χ1) is 11.8. The molecule has 2 aromatic rings. The maximum absolute atomic E-state index is 11.3. The first kappa shape index (κ1) is 18.3. The van der Waals surface area contributed by atoms with Crippen molar-refractivity contribution in [2.24, 2.45) is 0 Å². The number of hydrogen-bond donors (Lipinski definition) is 0. The Hall–Kier alpha value is -1.45. The number of halogens is 1. The van der Waals surface area contributed by atoms with E-state index in [0.717, 1.165) is 11.8 Å². The highest BCUT2D eigenvalue weighted by molar-refractivity contribution is 7.85. The summed E-state index contributed by atoms with van der Waals surface area (Å²) in [6.45, 7) is 0.572. The predicted octanol–water partition coefficient (Wildman–Crippen LogP) is 2.04. The third kappa shape index (κ3) is 4.21. The molecule has 1 saturated heterocycles. The summed E-state index contributed by atoms with van der Waals surface area (Å²) in [5.74, 6) is 0. The molecule has 0 spiro atoms. The van der Waals surface area contributed by atoms with Crippen LogP contribution in [0.1, 0.15) is 12.0 Å². The van der Waals surface area contributed by atoms with E-state index in [1.54, 1.807) is 17.6 Å². The number of aromatic nitrogens is 2. The standard InChI is InChI=1S/C16H20ClN3O4S/c1-19-16(11-20-8-7-18-12-20,13-3-5-14(17)6-4-13)9-15(24-19)10-23-25(2,21)22/h3-8,12,15H,9-11H2,1-2H3. The highest BCUT2D eigenvalue weighted by Crippen LogP contribution is 2.41. The molecule has 0 radical (unpaired) electrons. The zero-order valence-corrected chi connectivity index (χ0v) is 15.6. The van der Waals surface area contributed by atoms with Crippen LogP contribution in [-0.4, -0.2) is 49.0 Å². The molecule has 2 unspecified atom stereocenters. The fourth-order valence-corrected chi connectivity index (χ4v) is 3.68. The van der Waals surface area contributed by atoms with Gasteiger partial charge in [0.05, 0.1) is 24.7 Å². The zero-order chi connectivity index (χ0) is 18.1. The van der Waals surface area contributed by atoms with Gasteiger partial charge >= 0.3 is 0 Å². The molecule has 1 aromatic carbocycles. The van der Waals surface area contributed by atoms with Crippen molar-refractivity contribution in [2.45, 2.75) is 24.6 Å². The van der Waals surface area contributed by atoms with Crippen molar-refractivity contribution >= 4 is 21.7 Å². The van der Waals surface area contributed by atoms with Gasteiger partial charge in [0.15, 0.2) is 0 Å². The third-order valence-corrected chi connectivity index (χ3v) is 5.14. The quantitative estimate of drug-likeness (QED) is 0.708. The number of nitrogens with zero attached hydrogens (tertiary/aromatic N) is 3. The minimum Gasteiger partial charge on any atom is -0.335 e. The number of benzene rings is 1. The average molecular weight is 386 g/mol. The van der Waals surface area contributed by atoms with E-state index in [1.807, 2.05) is 42.1 Å². The number of likely N-dealkylation sites (N-methyl/N-ethyl adjacent to an activating group) is 1. The van der Waals surface area contributed by atoms with Gasteiger partial charge in [-0.1, -0.05) is 23.7 Å². The predicted molar refractivity (Wildman–Crippen MR) is 93.4 cm³/mol. The van der Waals surface area contributed by atoms with Crippen molar-refractivity contribution in [3.8, 4) is 0 Å². The Morgan fingerprint density at radius 3 is 2.72 bits per heavy atom. The molecule has 25 heavy (non-hydrogen) atoms. The molecule has 0 bridgehead atoms. The smallest absolute Gasteiger partial charge is 0.264 e.